The monoisotopic (exact) mass is 512 g/mol. The number of carbonyl (C=O) groups excluding carboxylic acids is 1. The molecule has 0 atom stereocenters. The number of rotatable bonds is 7. The van der Waals surface area contributed by atoms with Gasteiger partial charge in [-0.2, -0.15) is 13.2 Å². The number of nitrogens with one attached hydrogen (secondary N) is 1. The van der Waals surface area contributed by atoms with Crippen LogP contribution in [0.15, 0.2) is 71.6 Å². The van der Waals surface area contributed by atoms with Gasteiger partial charge in [0.2, 0.25) is 5.91 Å². The lowest BCUT2D eigenvalue weighted by Gasteiger charge is -2.26. The Morgan fingerprint density at radius 3 is 2.35 bits per heavy atom. The Hall–Kier alpha value is -3.24. The van der Waals surface area contributed by atoms with Crippen LogP contribution in [0.5, 0.6) is 5.75 Å². The summed E-state index contributed by atoms with van der Waals surface area (Å²) < 4.78 is 72.6. The van der Waals surface area contributed by atoms with Gasteiger partial charge in [-0.15, -0.1) is 0 Å². The minimum absolute atomic E-state index is 0.218. The van der Waals surface area contributed by atoms with Crippen LogP contribution in [0.3, 0.4) is 0 Å². The van der Waals surface area contributed by atoms with Gasteiger partial charge in [0.15, 0.2) is 0 Å². The first-order chi connectivity index (χ1) is 15.9. The second-order valence-corrected chi connectivity index (χ2v) is 9.51. The molecule has 0 aliphatic rings. The molecule has 3 aromatic carbocycles. The van der Waals surface area contributed by atoms with E-state index in [0.29, 0.717) is 16.1 Å². The predicted octanol–water partition coefficient (Wildman–Crippen LogP) is 5.51. The Bertz CT molecular complexity index is 1300. The van der Waals surface area contributed by atoms with E-state index in [0.717, 1.165) is 17.7 Å². The van der Waals surface area contributed by atoms with E-state index >= 15 is 0 Å². The summed E-state index contributed by atoms with van der Waals surface area (Å²) in [5.74, 6) is -0.481. The maximum Gasteiger partial charge on any atom is 0.416 e. The molecule has 0 unspecified atom stereocenters. The minimum Gasteiger partial charge on any atom is -0.495 e. The summed E-state index contributed by atoms with van der Waals surface area (Å²) in [5.41, 5.74) is -0.516. The third kappa shape index (κ3) is 5.63. The predicted molar refractivity (Wildman–Crippen MR) is 124 cm³/mol. The Morgan fingerprint density at radius 1 is 1.06 bits per heavy atom. The molecule has 0 aliphatic carbocycles. The molecule has 34 heavy (non-hydrogen) atoms. The van der Waals surface area contributed by atoms with Gasteiger partial charge < -0.3 is 10.1 Å². The molecule has 3 aromatic rings. The fourth-order valence-corrected chi connectivity index (χ4v) is 4.86. The first kappa shape index (κ1) is 25.4. The molecule has 11 heteroatoms. The van der Waals surface area contributed by atoms with E-state index in [1.54, 1.807) is 31.2 Å². The first-order valence-corrected chi connectivity index (χ1v) is 11.6. The van der Waals surface area contributed by atoms with Crippen LogP contribution in [0.4, 0.5) is 24.5 Å². The van der Waals surface area contributed by atoms with Crippen LogP contribution in [-0.4, -0.2) is 28.0 Å². The SMILES string of the molecule is COc1ccc(C)cc1NC(=O)CN(c1cc(C(F)(F)F)ccc1Cl)S(=O)(=O)c1ccccc1. The van der Waals surface area contributed by atoms with Gasteiger partial charge in [-0.1, -0.05) is 35.9 Å². The van der Waals surface area contributed by atoms with E-state index < -0.39 is 39.9 Å². The molecule has 0 aromatic heterocycles. The fraction of sp³-hybridized carbons (Fsp3) is 0.174. The van der Waals surface area contributed by atoms with Crippen LogP contribution in [0.25, 0.3) is 0 Å². The highest BCUT2D eigenvalue weighted by Crippen LogP contribution is 2.37. The maximum atomic E-state index is 13.4. The summed E-state index contributed by atoms with van der Waals surface area (Å²) in [6.45, 7) is 0.943. The molecule has 0 aliphatic heterocycles. The molecule has 1 amide bonds. The third-order valence-corrected chi connectivity index (χ3v) is 6.88. The van der Waals surface area contributed by atoms with Gasteiger partial charge in [-0.05, 0) is 55.0 Å². The van der Waals surface area contributed by atoms with Crippen molar-refractivity contribution in [3.63, 3.8) is 0 Å². The van der Waals surface area contributed by atoms with Crippen molar-refractivity contribution >= 4 is 38.9 Å². The Balaban J connectivity index is 2.07. The average molecular weight is 513 g/mol. The second kappa shape index (κ2) is 9.94. The molecule has 0 spiro atoms. The summed E-state index contributed by atoms with van der Waals surface area (Å²) in [7, 11) is -3.06. The third-order valence-electron chi connectivity index (χ3n) is 4.79. The molecule has 0 bridgehead atoms. The summed E-state index contributed by atoms with van der Waals surface area (Å²) in [5, 5.41) is 2.29. The summed E-state index contributed by atoms with van der Waals surface area (Å²) >= 11 is 6.12. The lowest BCUT2D eigenvalue weighted by atomic mass is 10.2. The van der Waals surface area contributed by atoms with Crippen LogP contribution < -0.4 is 14.4 Å². The number of benzene rings is 3. The quantitative estimate of drug-likeness (QED) is 0.453. The Kier molecular flexibility index (Phi) is 7.42. The van der Waals surface area contributed by atoms with Gasteiger partial charge in [0.25, 0.3) is 10.0 Å². The molecule has 0 radical (unpaired) electrons. The topological polar surface area (TPSA) is 75.7 Å². The maximum absolute atomic E-state index is 13.4. The van der Waals surface area contributed by atoms with Crippen molar-refractivity contribution < 1.29 is 31.1 Å². The number of ether oxygens (including phenoxy) is 1. The molecule has 6 nitrogen and oxygen atoms in total. The van der Waals surface area contributed by atoms with E-state index in [2.05, 4.69) is 5.32 Å². The molecular formula is C23H20ClF3N2O4S. The molecular weight excluding hydrogens is 493 g/mol. The molecule has 1 N–H and O–H groups in total. The number of anilines is 2. The Labute approximate surface area is 200 Å². The van der Waals surface area contributed by atoms with E-state index in [1.807, 2.05) is 0 Å². The van der Waals surface area contributed by atoms with Crippen molar-refractivity contribution in [2.75, 3.05) is 23.3 Å². The zero-order valence-corrected chi connectivity index (χ0v) is 19.6. The van der Waals surface area contributed by atoms with Gasteiger partial charge in [0.05, 0.1) is 34.0 Å². The number of halogens is 4. The number of aryl methyl sites for hydroxylation is 1. The summed E-state index contributed by atoms with van der Waals surface area (Å²) in [4.78, 5) is 12.7. The molecule has 0 fully saturated rings. The highest BCUT2D eigenvalue weighted by Gasteiger charge is 2.34. The second-order valence-electron chi connectivity index (χ2n) is 7.24. The van der Waals surface area contributed by atoms with E-state index in [1.165, 1.54) is 31.4 Å². The number of amides is 1. The van der Waals surface area contributed by atoms with Crippen LogP contribution in [0.2, 0.25) is 5.02 Å². The number of sulfonamides is 1. The highest BCUT2D eigenvalue weighted by atomic mass is 35.5. The number of nitrogens with zero attached hydrogens (tertiary/aromatic N) is 1. The van der Waals surface area contributed by atoms with E-state index in [9.17, 15) is 26.4 Å². The van der Waals surface area contributed by atoms with Crippen molar-refractivity contribution in [1.82, 2.24) is 0 Å². The average Bonchev–Trinajstić information content (AvgIpc) is 2.78. The summed E-state index contributed by atoms with van der Waals surface area (Å²) in [6, 6.07) is 14.3. The van der Waals surface area contributed by atoms with Crippen molar-refractivity contribution in [1.29, 1.82) is 0 Å². The number of hydrogen-bond donors (Lipinski definition) is 1. The van der Waals surface area contributed by atoms with Crippen molar-refractivity contribution in [2.45, 2.75) is 18.0 Å². The van der Waals surface area contributed by atoms with E-state index in [-0.39, 0.29) is 15.6 Å². The molecule has 0 saturated heterocycles. The lowest BCUT2D eigenvalue weighted by Crippen LogP contribution is -2.38. The number of methoxy groups -OCH3 is 1. The smallest absolute Gasteiger partial charge is 0.416 e. The Morgan fingerprint density at radius 2 is 1.74 bits per heavy atom. The highest BCUT2D eigenvalue weighted by molar-refractivity contribution is 7.92. The van der Waals surface area contributed by atoms with Crippen LogP contribution in [0.1, 0.15) is 11.1 Å². The normalized spacial score (nSPS) is 11.7. The van der Waals surface area contributed by atoms with Gasteiger partial charge in [-0.3, -0.25) is 9.10 Å². The van der Waals surface area contributed by atoms with Crippen molar-refractivity contribution in [3.05, 3.63) is 82.9 Å². The fourth-order valence-electron chi connectivity index (χ4n) is 3.14. The van der Waals surface area contributed by atoms with Gasteiger partial charge in [0.1, 0.15) is 12.3 Å². The van der Waals surface area contributed by atoms with Gasteiger partial charge >= 0.3 is 6.18 Å². The molecule has 0 heterocycles. The van der Waals surface area contributed by atoms with E-state index in [4.69, 9.17) is 16.3 Å². The number of alkyl halides is 3. The van der Waals surface area contributed by atoms with Gasteiger partial charge in [0, 0.05) is 0 Å². The van der Waals surface area contributed by atoms with Crippen molar-refractivity contribution in [2.24, 2.45) is 0 Å². The lowest BCUT2D eigenvalue weighted by molar-refractivity contribution is -0.137. The van der Waals surface area contributed by atoms with Crippen LogP contribution in [-0.2, 0) is 21.0 Å². The standard InChI is InChI=1S/C23H20ClF3N2O4S/c1-15-8-11-21(33-2)19(12-15)28-22(30)14-29(34(31,32)17-6-4-3-5-7-17)20-13-16(23(25,26)27)9-10-18(20)24/h3-13H,14H2,1-2H3,(H,28,30). The van der Waals surface area contributed by atoms with Gasteiger partial charge in [-0.25, -0.2) is 8.42 Å². The number of carbonyl (C=O) groups is 1. The van der Waals surface area contributed by atoms with Crippen LogP contribution in [0, 0.1) is 6.92 Å². The first-order valence-electron chi connectivity index (χ1n) is 9.82. The zero-order chi connectivity index (χ0) is 25.1. The molecule has 180 valence electrons. The molecule has 0 saturated carbocycles. The largest absolute Gasteiger partial charge is 0.495 e. The zero-order valence-electron chi connectivity index (χ0n) is 18.1. The molecule has 3 rings (SSSR count). The summed E-state index contributed by atoms with van der Waals surface area (Å²) in [6.07, 6.45) is -4.75. The number of hydrogen-bond acceptors (Lipinski definition) is 4. The van der Waals surface area contributed by atoms with Crippen LogP contribution >= 0.6 is 11.6 Å². The van der Waals surface area contributed by atoms with Crippen molar-refractivity contribution in [3.8, 4) is 5.75 Å². The minimum atomic E-state index is -4.75.